The molecule has 0 unspecified atom stereocenters. The van der Waals surface area contributed by atoms with Crippen molar-refractivity contribution in [2.45, 2.75) is 6.18 Å². The van der Waals surface area contributed by atoms with E-state index in [4.69, 9.17) is 15.1 Å². The fourth-order valence-corrected chi connectivity index (χ4v) is 1.83. The van der Waals surface area contributed by atoms with Gasteiger partial charge in [0.2, 0.25) is 0 Å². The summed E-state index contributed by atoms with van der Waals surface area (Å²) in [5, 5.41) is 21.2. The highest BCUT2D eigenvalue weighted by atomic mass is 19.4. The standard InChI is InChI=1S/C13H8F3N3O3/c1-22-8-4-2-7(3-5-8)19-10(12(20)21)9(6-17)11(18-19)13(14,15)16/h2-5H,1H3,(H,20,21). The molecule has 0 aliphatic rings. The van der Waals surface area contributed by atoms with Crippen molar-refractivity contribution in [1.29, 1.82) is 5.26 Å². The van der Waals surface area contributed by atoms with Gasteiger partial charge in [-0.05, 0) is 24.3 Å². The second-order valence-electron chi connectivity index (χ2n) is 4.10. The topological polar surface area (TPSA) is 88.1 Å². The van der Waals surface area contributed by atoms with E-state index in [1.807, 2.05) is 0 Å². The molecule has 0 aliphatic carbocycles. The SMILES string of the molecule is COc1ccc(-n2nc(C(F)(F)F)c(C#N)c2C(=O)O)cc1. The van der Waals surface area contributed by atoms with E-state index < -0.39 is 29.1 Å². The monoisotopic (exact) mass is 311 g/mol. The normalized spacial score (nSPS) is 11.0. The Balaban J connectivity index is 2.72. The number of carboxylic acids is 1. The number of nitriles is 1. The van der Waals surface area contributed by atoms with Gasteiger partial charge in [0.15, 0.2) is 11.4 Å². The van der Waals surface area contributed by atoms with Gasteiger partial charge in [-0.1, -0.05) is 0 Å². The Hall–Kier alpha value is -3.02. The van der Waals surface area contributed by atoms with Crippen molar-refractivity contribution >= 4 is 5.97 Å². The Morgan fingerprint density at radius 2 is 1.95 bits per heavy atom. The molecule has 0 fully saturated rings. The molecule has 0 atom stereocenters. The number of hydrogen-bond acceptors (Lipinski definition) is 4. The molecule has 0 aliphatic heterocycles. The first-order chi connectivity index (χ1) is 10.3. The number of carboxylic acid groups (broad SMARTS) is 1. The number of methoxy groups -OCH3 is 1. The van der Waals surface area contributed by atoms with E-state index in [1.165, 1.54) is 37.4 Å². The average Bonchev–Trinajstić information content (AvgIpc) is 2.87. The molecule has 1 N–H and O–H groups in total. The Morgan fingerprint density at radius 3 is 2.36 bits per heavy atom. The molecule has 0 saturated carbocycles. The number of nitrogens with zero attached hydrogens (tertiary/aromatic N) is 3. The largest absolute Gasteiger partial charge is 0.497 e. The summed E-state index contributed by atoms with van der Waals surface area (Å²) in [7, 11) is 1.40. The molecule has 1 aromatic heterocycles. The summed E-state index contributed by atoms with van der Waals surface area (Å²) in [5.41, 5.74) is -3.36. The zero-order valence-electron chi connectivity index (χ0n) is 11.0. The highest BCUT2D eigenvalue weighted by molar-refractivity contribution is 5.90. The molecule has 1 heterocycles. The number of aromatic nitrogens is 2. The van der Waals surface area contributed by atoms with Crippen LogP contribution in [0.2, 0.25) is 0 Å². The summed E-state index contributed by atoms with van der Waals surface area (Å²) in [6.07, 6.45) is -4.94. The fraction of sp³-hybridized carbons (Fsp3) is 0.154. The second kappa shape index (κ2) is 5.40. The third-order valence-corrected chi connectivity index (χ3v) is 2.79. The molecule has 114 valence electrons. The second-order valence-corrected chi connectivity index (χ2v) is 4.10. The van der Waals surface area contributed by atoms with Gasteiger partial charge >= 0.3 is 12.1 Å². The van der Waals surface area contributed by atoms with Gasteiger partial charge in [0.1, 0.15) is 17.4 Å². The molecule has 0 radical (unpaired) electrons. The van der Waals surface area contributed by atoms with Gasteiger partial charge in [-0.15, -0.1) is 0 Å². The lowest BCUT2D eigenvalue weighted by Gasteiger charge is -2.05. The van der Waals surface area contributed by atoms with Crippen LogP contribution in [0, 0.1) is 11.3 Å². The van der Waals surface area contributed by atoms with Crippen molar-refractivity contribution in [3.8, 4) is 17.5 Å². The van der Waals surface area contributed by atoms with Crippen LogP contribution in [0.25, 0.3) is 5.69 Å². The highest BCUT2D eigenvalue weighted by Gasteiger charge is 2.41. The van der Waals surface area contributed by atoms with Crippen LogP contribution < -0.4 is 4.74 Å². The summed E-state index contributed by atoms with van der Waals surface area (Å²) in [4.78, 5) is 11.2. The molecule has 22 heavy (non-hydrogen) atoms. The van der Waals surface area contributed by atoms with Crippen LogP contribution in [0.3, 0.4) is 0 Å². The van der Waals surface area contributed by atoms with Gasteiger partial charge in [0.05, 0.1) is 12.8 Å². The Morgan fingerprint density at radius 1 is 1.36 bits per heavy atom. The minimum Gasteiger partial charge on any atom is -0.497 e. The molecule has 0 bridgehead atoms. The highest BCUT2D eigenvalue weighted by Crippen LogP contribution is 2.33. The zero-order chi connectivity index (χ0) is 16.5. The van der Waals surface area contributed by atoms with Gasteiger partial charge in [-0.2, -0.15) is 23.5 Å². The number of carbonyl (C=O) groups is 1. The van der Waals surface area contributed by atoms with Gasteiger partial charge in [-0.3, -0.25) is 0 Å². The van der Waals surface area contributed by atoms with Crippen LogP contribution in [0.5, 0.6) is 5.75 Å². The van der Waals surface area contributed by atoms with Crippen molar-refractivity contribution in [3.05, 3.63) is 41.2 Å². The van der Waals surface area contributed by atoms with Crippen LogP contribution in [-0.2, 0) is 6.18 Å². The minimum absolute atomic E-state index is 0.0604. The van der Waals surface area contributed by atoms with E-state index in [2.05, 4.69) is 5.10 Å². The average molecular weight is 311 g/mol. The lowest BCUT2D eigenvalue weighted by molar-refractivity contribution is -0.141. The van der Waals surface area contributed by atoms with E-state index in [9.17, 15) is 18.0 Å². The van der Waals surface area contributed by atoms with Crippen LogP contribution in [0.1, 0.15) is 21.7 Å². The van der Waals surface area contributed by atoms with E-state index in [0.717, 1.165) is 0 Å². The Bertz CT molecular complexity index is 758. The van der Waals surface area contributed by atoms with Crippen LogP contribution in [0.4, 0.5) is 13.2 Å². The molecule has 2 rings (SSSR count). The number of alkyl halides is 3. The summed E-state index contributed by atoms with van der Waals surface area (Å²) < 4.78 is 44.1. The van der Waals surface area contributed by atoms with Gasteiger partial charge in [0, 0.05) is 0 Å². The van der Waals surface area contributed by atoms with Crippen LogP contribution in [-0.4, -0.2) is 28.0 Å². The number of ether oxygens (including phenoxy) is 1. The number of rotatable bonds is 3. The summed E-state index contributed by atoms with van der Waals surface area (Å²) >= 11 is 0. The van der Waals surface area contributed by atoms with E-state index in [-0.39, 0.29) is 5.69 Å². The maximum atomic E-state index is 12.9. The first kappa shape index (κ1) is 15.4. The van der Waals surface area contributed by atoms with Crippen molar-refractivity contribution in [1.82, 2.24) is 9.78 Å². The molecule has 6 nitrogen and oxygen atoms in total. The maximum absolute atomic E-state index is 12.9. The number of halogens is 3. The molecule has 1 aromatic carbocycles. The summed E-state index contributed by atoms with van der Waals surface area (Å²) in [5.74, 6) is -1.25. The quantitative estimate of drug-likeness (QED) is 0.940. The summed E-state index contributed by atoms with van der Waals surface area (Å²) in [6.45, 7) is 0. The number of hydrogen-bond donors (Lipinski definition) is 1. The molecular weight excluding hydrogens is 303 g/mol. The predicted molar refractivity (Wildman–Crippen MR) is 66.8 cm³/mol. The molecule has 0 saturated heterocycles. The maximum Gasteiger partial charge on any atom is 0.436 e. The Kier molecular flexibility index (Phi) is 3.77. The van der Waals surface area contributed by atoms with Crippen molar-refractivity contribution in [2.75, 3.05) is 7.11 Å². The van der Waals surface area contributed by atoms with E-state index in [0.29, 0.717) is 10.4 Å². The molecule has 9 heteroatoms. The fourth-order valence-electron chi connectivity index (χ4n) is 1.83. The molecule has 0 spiro atoms. The number of aromatic carboxylic acids is 1. The predicted octanol–water partition coefficient (Wildman–Crippen LogP) is 2.47. The van der Waals surface area contributed by atoms with Crippen LogP contribution >= 0.6 is 0 Å². The van der Waals surface area contributed by atoms with Crippen molar-refractivity contribution < 1.29 is 27.8 Å². The molecule has 2 aromatic rings. The Labute approximate surface area is 122 Å². The zero-order valence-corrected chi connectivity index (χ0v) is 11.0. The van der Waals surface area contributed by atoms with Gasteiger partial charge in [-0.25, -0.2) is 9.48 Å². The van der Waals surface area contributed by atoms with E-state index in [1.54, 1.807) is 0 Å². The lowest BCUT2D eigenvalue weighted by Crippen LogP contribution is -2.09. The van der Waals surface area contributed by atoms with Crippen LogP contribution in [0.15, 0.2) is 24.3 Å². The lowest BCUT2D eigenvalue weighted by atomic mass is 10.2. The van der Waals surface area contributed by atoms with Crippen molar-refractivity contribution in [2.24, 2.45) is 0 Å². The van der Waals surface area contributed by atoms with Crippen molar-refractivity contribution in [3.63, 3.8) is 0 Å². The summed E-state index contributed by atoms with van der Waals surface area (Å²) in [6, 6.07) is 6.79. The van der Waals surface area contributed by atoms with Gasteiger partial charge in [0.25, 0.3) is 0 Å². The first-order valence-electron chi connectivity index (χ1n) is 5.77. The van der Waals surface area contributed by atoms with E-state index >= 15 is 0 Å². The number of benzene rings is 1. The minimum atomic E-state index is -4.94. The third-order valence-electron chi connectivity index (χ3n) is 2.79. The first-order valence-corrected chi connectivity index (χ1v) is 5.77. The molecule has 0 amide bonds. The molecular formula is C13H8F3N3O3. The third kappa shape index (κ3) is 2.58. The van der Waals surface area contributed by atoms with Gasteiger partial charge < -0.3 is 9.84 Å². The smallest absolute Gasteiger partial charge is 0.436 e.